The van der Waals surface area contributed by atoms with Gasteiger partial charge in [-0.1, -0.05) is 53.4 Å². The Morgan fingerprint density at radius 1 is 1.07 bits per heavy atom. The molecule has 0 aromatic rings. The molecule has 45 heavy (non-hydrogen) atoms. The first kappa shape index (κ1) is 39.1. The minimum Gasteiger partial charge on any atom is -0.508 e. The van der Waals surface area contributed by atoms with Gasteiger partial charge in [0.1, 0.15) is 11.3 Å². The molecule has 2 heterocycles. The van der Waals surface area contributed by atoms with Crippen molar-refractivity contribution in [2.24, 2.45) is 34.6 Å². The molecule has 0 aromatic heterocycles. The van der Waals surface area contributed by atoms with Crippen molar-refractivity contribution in [2.45, 2.75) is 135 Å². The van der Waals surface area contributed by atoms with Crippen molar-refractivity contribution in [3.05, 3.63) is 0 Å². The number of unbranched alkanes of at least 4 members (excludes halogenated alkanes) is 1. The van der Waals surface area contributed by atoms with E-state index in [9.17, 15) is 29.3 Å². The number of carbonyl (C=O) groups is 4. The lowest BCUT2D eigenvalue weighted by Crippen LogP contribution is -2.51. The standard InChI is InChI=1S/C15H29BN2O5.C15H27BN2O4/c1-10(2)12(17)13(19)18-11-5-7-15(9-11,14(20)21)6-3-4-8-16(22)23;1-10(2)13(17)12(19)7-11-8-15(18-9-11)5-3-4-6-16(21)22-14(15)20/h10-12,22-23H,3-9,17H2,1-2H3,(H,18,19)(H,20,21);10-11,13,18,21H,3-9,17H2,1-2H3/t11-,12-,15+;11-,13+,15+/m01/s1. The molecule has 0 bridgehead atoms. The van der Waals surface area contributed by atoms with Gasteiger partial charge >= 0.3 is 26.2 Å². The molecule has 1 amide bonds. The van der Waals surface area contributed by atoms with Crippen molar-refractivity contribution < 1.29 is 44.0 Å². The maximum atomic E-state index is 12.3. The largest absolute Gasteiger partial charge is 0.524 e. The molecule has 6 atom stereocenters. The lowest BCUT2D eigenvalue weighted by atomic mass is 9.77. The zero-order valence-electron chi connectivity index (χ0n) is 27.5. The number of rotatable bonds is 13. The molecular weight excluding hydrogens is 582 g/mol. The Bertz CT molecular complexity index is 1000. The van der Waals surface area contributed by atoms with Crippen LogP contribution in [0.1, 0.15) is 98.3 Å². The quantitative estimate of drug-likeness (QED) is 0.104. The van der Waals surface area contributed by atoms with E-state index in [2.05, 4.69) is 10.6 Å². The molecule has 13 nitrogen and oxygen atoms in total. The smallest absolute Gasteiger partial charge is 0.508 e. The van der Waals surface area contributed by atoms with E-state index in [-0.39, 0.29) is 47.8 Å². The lowest BCUT2D eigenvalue weighted by molar-refractivity contribution is -0.149. The first-order valence-electron chi connectivity index (χ1n) is 16.6. The number of nitrogens with two attached hydrogens (primary N) is 2. The van der Waals surface area contributed by atoms with Gasteiger partial charge in [0.05, 0.1) is 17.5 Å². The number of Topliss-reactive ketones (excluding diaryl/α,β-unsaturated/α-hetero) is 1. The Morgan fingerprint density at radius 3 is 2.33 bits per heavy atom. The zero-order chi connectivity index (χ0) is 33.9. The lowest BCUT2D eigenvalue weighted by Gasteiger charge is -2.30. The van der Waals surface area contributed by atoms with Gasteiger partial charge in [0.25, 0.3) is 0 Å². The first-order chi connectivity index (χ1) is 21.0. The van der Waals surface area contributed by atoms with Crippen molar-refractivity contribution in [3.63, 3.8) is 0 Å². The molecule has 2 saturated heterocycles. The van der Waals surface area contributed by atoms with Crippen LogP contribution in [0.3, 0.4) is 0 Å². The van der Waals surface area contributed by atoms with E-state index in [1.165, 1.54) is 0 Å². The maximum absolute atomic E-state index is 12.3. The van der Waals surface area contributed by atoms with Gasteiger partial charge in [-0.3, -0.25) is 19.2 Å². The monoisotopic (exact) mass is 638 g/mol. The third kappa shape index (κ3) is 11.6. The third-order valence-corrected chi connectivity index (χ3v) is 9.68. The fourth-order valence-corrected chi connectivity index (χ4v) is 6.57. The van der Waals surface area contributed by atoms with Gasteiger partial charge in [-0.2, -0.15) is 0 Å². The van der Waals surface area contributed by atoms with E-state index in [0.29, 0.717) is 70.7 Å². The van der Waals surface area contributed by atoms with E-state index in [1.807, 2.05) is 27.7 Å². The predicted molar refractivity (Wildman–Crippen MR) is 172 cm³/mol. The summed E-state index contributed by atoms with van der Waals surface area (Å²) in [5.74, 6) is -1.15. The highest BCUT2D eigenvalue weighted by Crippen LogP contribution is 2.43. The minimum absolute atomic E-state index is 0.0329. The van der Waals surface area contributed by atoms with E-state index in [4.69, 9.17) is 26.2 Å². The highest BCUT2D eigenvalue weighted by Gasteiger charge is 2.48. The fourth-order valence-electron chi connectivity index (χ4n) is 6.57. The molecule has 1 aliphatic carbocycles. The summed E-state index contributed by atoms with van der Waals surface area (Å²) in [6, 6.07) is -1.18. The van der Waals surface area contributed by atoms with Crippen molar-refractivity contribution in [2.75, 3.05) is 6.54 Å². The Kier molecular flexibility index (Phi) is 15.5. The predicted octanol–water partition coefficient (Wildman–Crippen LogP) is 0.837. The van der Waals surface area contributed by atoms with Crippen molar-refractivity contribution in [1.29, 1.82) is 0 Å². The number of hydrogen-bond acceptors (Lipinski definition) is 11. The molecule has 3 fully saturated rings. The molecule has 1 spiro atoms. The van der Waals surface area contributed by atoms with Crippen LogP contribution in [-0.2, 0) is 23.8 Å². The molecule has 2 aliphatic heterocycles. The van der Waals surface area contributed by atoms with Crippen molar-refractivity contribution in [1.82, 2.24) is 10.6 Å². The average molecular weight is 638 g/mol. The summed E-state index contributed by atoms with van der Waals surface area (Å²) in [7, 11) is -2.36. The van der Waals surface area contributed by atoms with E-state index >= 15 is 0 Å². The number of nitrogens with one attached hydrogen (secondary N) is 2. The molecule has 0 radical (unpaired) electrons. The summed E-state index contributed by atoms with van der Waals surface area (Å²) >= 11 is 0. The van der Waals surface area contributed by atoms with E-state index < -0.39 is 43.2 Å². The van der Waals surface area contributed by atoms with Crippen LogP contribution >= 0.6 is 0 Å². The normalized spacial score (nSPS) is 28.2. The van der Waals surface area contributed by atoms with E-state index in [0.717, 1.165) is 12.8 Å². The summed E-state index contributed by atoms with van der Waals surface area (Å²) in [6.07, 6.45) is 7.34. The Balaban J connectivity index is 0.000000314. The Hall–Kier alpha value is -2.03. The SMILES string of the molecule is CC(C)[C@H](N)C(=O)C[C@H]1CN[C@@]2(CCCCB(O)OC2=O)C1.CC(C)[C@H](N)C(=O)N[C@H]1CC[C@@](CCCCB(O)O)(C(=O)O)C1. The molecule has 10 N–H and O–H groups in total. The summed E-state index contributed by atoms with van der Waals surface area (Å²) in [5, 5.41) is 43.0. The van der Waals surface area contributed by atoms with Gasteiger partial charge in [0.15, 0.2) is 0 Å². The highest BCUT2D eigenvalue weighted by molar-refractivity contribution is 6.45. The topological polar surface area (TPSA) is 235 Å². The Morgan fingerprint density at radius 2 is 1.73 bits per heavy atom. The molecule has 0 unspecified atom stereocenters. The van der Waals surface area contributed by atoms with Crippen LogP contribution in [0.25, 0.3) is 0 Å². The van der Waals surface area contributed by atoms with Crippen LogP contribution in [0.15, 0.2) is 0 Å². The van der Waals surface area contributed by atoms with Gasteiger partial charge in [-0.15, -0.1) is 0 Å². The molecule has 3 aliphatic rings. The fraction of sp³-hybridized carbons (Fsp3) is 0.867. The summed E-state index contributed by atoms with van der Waals surface area (Å²) in [4.78, 5) is 48.2. The minimum atomic E-state index is -1.34. The molecule has 0 aromatic carbocycles. The number of aliphatic carboxylic acids is 1. The second kappa shape index (κ2) is 17.8. The van der Waals surface area contributed by atoms with Gasteiger partial charge in [-0.05, 0) is 75.5 Å². The number of carboxylic acid groups (broad SMARTS) is 1. The van der Waals surface area contributed by atoms with Crippen molar-refractivity contribution in [3.8, 4) is 0 Å². The van der Waals surface area contributed by atoms with Crippen LogP contribution in [0.5, 0.6) is 0 Å². The second-order valence-electron chi connectivity index (χ2n) is 14.1. The van der Waals surface area contributed by atoms with Crippen LogP contribution in [0.4, 0.5) is 0 Å². The van der Waals surface area contributed by atoms with Crippen LogP contribution < -0.4 is 22.1 Å². The van der Waals surface area contributed by atoms with Crippen LogP contribution in [-0.4, -0.2) is 88.3 Å². The zero-order valence-corrected chi connectivity index (χ0v) is 27.5. The molecule has 3 rings (SSSR count). The summed E-state index contributed by atoms with van der Waals surface area (Å²) in [5.41, 5.74) is 10.1. The first-order valence-corrected chi connectivity index (χ1v) is 16.6. The summed E-state index contributed by atoms with van der Waals surface area (Å²) < 4.78 is 5.11. The molecule has 256 valence electrons. The van der Waals surface area contributed by atoms with Crippen LogP contribution in [0.2, 0.25) is 12.6 Å². The van der Waals surface area contributed by atoms with E-state index in [1.54, 1.807) is 0 Å². The van der Waals surface area contributed by atoms with Crippen LogP contribution in [0, 0.1) is 23.2 Å². The maximum Gasteiger partial charge on any atom is 0.524 e. The Labute approximate surface area is 268 Å². The van der Waals surface area contributed by atoms with Gasteiger partial charge in [-0.25, -0.2) is 0 Å². The summed E-state index contributed by atoms with van der Waals surface area (Å²) in [6.45, 7) is 8.23. The second-order valence-corrected chi connectivity index (χ2v) is 14.1. The highest BCUT2D eigenvalue weighted by atomic mass is 16.6. The number of hydrogen-bond donors (Lipinski definition) is 8. The van der Waals surface area contributed by atoms with Gasteiger partial charge < -0.3 is 46.9 Å². The number of carboxylic acids is 1. The molecule has 1 saturated carbocycles. The molecule has 15 heteroatoms. The average Bonchev–Trinajstić information content (AvgIpc) is 3.57. The van der Waals surface area contributed by atoms with Gasteiger partial charge in [0, 0.05) is 12.5 Å². The third-order valence-electron chi connectivity index (χ3n) is 9.68. The molecular formula is C30H56B2N4O9. The van der Waals surface area contributed by atoms with Gasteiger partial charge in [0.2, 0.25) is 5.91 Å². The number of amides is 1. The van der Waals surface area contributed by atoms with Crippen molar-refractivity contribution >= 4 is 37.9 Å². The number of carbonyl (C=O) groups excluding carboxylic acids is 3. The number of ketones is 1.